The van der Waals surface area contributed by atoms with Crippen molar-refractivity contribution in [3.8, 4) is 0 Å². The summed E-state index contributed by atoms with van der Waals surface area (Å²) in [6.07, 6.45) is 0. The molecule has 21 heavy (non-hydrogen) atoms. The monoisotopic (exact) mass is 288 g/mol. The summed E-state index contributed by atoms with van der Waals surface area (Å²) in [7, 11) is 1.46. The molecule has 0 radical (unpaired) electrons. The van der Waals surface area contributed by atoms with Crippen molar-refractivity contribution in [1.82, 2.24) is 15.6 Å². The number of carboxylic acid groups (broad SMARTS) is 1. The van der Waals surface area contributed by atoms with E-state index in [-0.39, 0.29) is 11.6 Å². The van der Waals surface area contributed by atoms with Gasteiger partial charge in [0.05, 0.1) is 12.7 Å². The number of carbonyl (C=O) groups is 1. The second kappa shape index (κ2) is 4.89. The minimum atomic E-state index is -1.06. The molecule has 1 aromatic heterocycles. The molecule has 1 atom stereocenters. The highest BCUT2D eigenvalue weighted by Gasteiger charge is 2.31. The summed E-state index contributed by atoms with van der Waals surface area (Å²) in [5.74, 6) is -1.06. The van der Waals surface area contributed by atoms with Crippen molar-refractivity contribution in [3.63, 3.8) is 0 Å². The van der Waals surface area contributed by atoms with Gasteiger partial charge in [-0.05, 0) is 23.3 Å². The van der Waals surface area contributed by atoms with Crippen LogP contribution in [0.25, 0.3) is 11.0 Å². The fraction of sp³-hybridized carbons (Fsp3) is 0.231. The van der Waals surface area contributed by atoms with Gasteiger partial charge in [0.1, 0.15) is 17.1 Å². The summed E-state index contributed by atoms with van der Waals surface area (Å²) in [5, 5.41) is 19.8. The van der Waals surface area contributed by atoms with Crippen molar-refractivity contribution in [1.29, 1.82) is 0 Å². The van der Waals surface area contributed by atoms with E-state index in [1.807, 2.05) is 0 Å². The highest BCUT2D eigenvalue weighted by molar-refractivity contribution is 5.94. The number of fused-ring (bicyclic) bond motifs is 1. The minimum absolute atomic E-state index is 0.131. The van der Waals surface area contributed by atoms with E-state index >= 15 is 0 Å². The molecule has 2 aromatic rings. The summed E-state index contributed by atoms with van der Waals surface area (Å²) in [5.41, 5.74) is 2.22. The van der Waals surface area contributed by atoms with Crippen LogP contribution in [0.5, 0.6) is 0 Å². The second-order valence-corrected chi connectivity index (χ2v) is 4.49. The van der Waals surface area contributed by atoms with Gasteiger partial charge in [-0.1, -0.05) is 12.1 Å². The molecule has 0 spiro atoms. The van der Waals surface area contributed by atoms with Gasteiger partial charge in [0.15, 0.2) is 0 Å². The molecule has 0 aliphatic carbocycles. The van der Waals surface area contributed by atoms with Gasteiger partial charge < -0.3 is 15.2 Å². The normalized spacial score (nSPS) is 18.4. The third kappa shape index (κ3) is 2.10. The number of rotatable bonds is 2. The Morgan fingerprint density at radius 2 is 2.24 bits per heavy atom. The number of amidine groups is 1. The van der Waals surface area contributed by atoms with E-state index in [1.54, 1.807) is 25.1 Å². The Morgan fingerprint density at radius 3 is 2.95 bits per heavy atom. The number of aromatic nitrogens is 2. The van der Waals surface area contributed by atoms with Crippen molar-refractivity contribution >= 4 is 23.0 Å². The molecule has 1 aliphatic rings. The third-order valence-electron chi connectivity index (χ3n) is 3.25. The Morgan fingerprint density at radius 1 is 1.43 bits per heavy atom. The molecule has 3 rings (SSSR count). The van der Waals surface area contributed by atoms with E-state index in [9.17, 15) is 9.90 Å². The van der Waals surface area contributed by atoms with Gasteiger partial charge in [0.25, 0.3) is 6.02 Å². The molecular formula is C13H12N4O4. The first-order valence-corrected chi connectivity index (χ1v) is 6.16. The van der Waals surface area contributed by atoms with Crippen LogP contribution in [0.2, 0.25) is 0 Å². The van der Waals surface area contributed by atoms with Gasteiger partial charge in [-0.2, -0.15) is 0 Å². The number of methoxy groups -OCH3 is 1. The van der Waals surface area contributed by atoms with Crippen LogP contribution >= 0.6 is 0 Å². The number of carboxylic acids is 1. The first-order valence-electron chi connectivity index (χ1n) is 6.16. The molecular weight excluding hydrogens is 276 g/mol. The average Bonchev–Trinajstić information content (AvgIpc) is 2.94. The molecule has 1 aromatic carbocycles. The molecule has 0 bridgehead atoms. The van der Waals surface area contributed by atoms with E-state index < -0.39 is 12.0 Å². The van der Waals surface area contributed by atoms with Crippen molar-refractivity contribution < 1.29 is 19.3 Å². The van der Waals surface area contributed by atoms with Crippen LogP contribution in [0, 0.1) is 0 Å². The molecule has 108 valence electrons. The van der Waals surface area contributed by atoms with Gasteiger partial charge in [0.2, 0.25) is 0 Å². The van der Waals surface area contributed by atoms with Gasteiger partial charge in [0, 0.05) is 11.3 Å². The first-order chi connectivity index (χ1) is 10.1. The number of benzene rings is 1. The largest absolute Gasteiger partial charge is 0.478 e. The van der Waals surface area contributed by atoms with Crippen molar-refractivity contribution in [2.45, 2.75) is 13.0 Å². The number of hydrogen-bond acceptors (Lipinski definition) is 7. The predicted molar refractivity (Wildman–Crippen MR) is 72.5 cm³/mol. The number of aliphatic imine (C=N–C) groups is 1. The minimum Gasteiger partial charge on any atom is -0.478 e. The highest BCUT2D eigenvalue weighted by Crippen LogP contribution is 2.33. The van der Waals surface area contributed by atoms with E-state index in [0.717, 1.165) is 0 Å². The molecule has 0 saturated heterocycles. The Balaban J connectivity index is 2.21. The zero-order valence-corrected chi connectivity index (χ0v) is 11.3. The maximum Gasteiger partial charge on any atom is 0.335 e. The smallest absolute Gasteiger partial charge is 0.335 e. The highest BCUT2D eigenvalue weighted by atomic mass is 16.6. The maximum absolute atomic E-state index is 11.6. The lowest BCUT2D eigenvalue weighted by molar-refractivity contribution is -0.133. The van der Waals surface area contributed by atoms with Crippen LogP contribution in [0.3, 0.4) is 0 Å². The van der Waals surface area contributed by atoms with Crippen molar-refractivity contribution in [3.05, 3.63) is 35.0 Å². The fourth-order valence-electron chi connectivity index (χ4n) is 2.30. The average molecular weight is 288 g/mol. The van der Waals surface area contributed by atoms with E-state index in [0.29, 0.717) is 22.3 Å². The summed E-state index contributed by atoms with van der Waals surface area (Å²) < 4.78 is 9.80. The van der Waals surface area contributed by atoms with E-state index in [2.05, 4.69) is 20.6 Å². The number of allylic oxidation sites excluding steroid dienone is 1. The lowest BCUT2D eigenvalue weighted by Crippen LogP contribution is -2.32. The Bertz CT molecular complexity index is 777. The molecule has 0 amide bonds. The van der Waals surface area contributed by atoms with E-state index in [4.69, 9.17) is 9.37 Å². The molecule has 2 heterocycles. The molecule has 8 nitrogen and oxygen atoms in total. The van der Waals surface area contributed by atoms with Crippen molar-refractivity contribution in [2.24, 2.45) is 4.99 Å². The van der Waals surface area contributed by atoms with Crippen molar-refractivity contribution in [2.75, 3.05) is 7.11 Å². The fourth-order valence-corrected chi connectivity index (χ4v) is 2.30. The molecule has 1 unspecified atom stereocenters. The number of aliphatic carboxylic acids is 1. The quantitative estimate of drug-likeness (QED) is 0.855. The van der Waals surface area contributed by atoms with Gasteiger partial charge in [-0.15, -0.1) is 0 Å². The van der Waals surface area contributed by atoms with Crippen LogP contribution < -0.4 is 5.32 Å². The van der Waals surface area contributed by atoms with Crippen LogP contribution in [0.1, 0.15) is 18.5 Å². The lowest BCUT2D eigenvalue weighted by Gasteiger charge is -2.23. The van der Waals surface area contributed by atoms with Crippen LogP contribution in [-0.4, -0.2) is 34.5 Å². The summed E-state index contributed by atoms with van der Waals surface area (Å²) >= 11 is 0. The summed E-state index contributed by atoms with van der Waals surface area (Å²) in [6, 6.07) is 4.73. The van der Waals surface area contributed by atoms with Crippen LogP contribution in [0.4, 0.5) is 0 Å². The van der Waals surface area contributed by atoms with Crippen LogP contribution in [0.15, 0.2) is 39.1 Å². The number of ether oxygens (including phenoxy) is 1. The second-order valence-electron chi connectivity index (χ2n) is 4.49. The molecule has 8 heteroatoms. The van der Waals surface area contributed by atoms with Gasteiger partial charge in [-0.3, -0.25) is 0 Å². The number of nitrogens with zero attached hydrogens (tertiary/aromatic N) is 3. The van der Waals surface area contributed by atoms with Gasteiger partial charge in [-0.25, -0.2) is 14.4 Å². The standard InChI is InChI=1S/C13H12N4O4/c1-6-9(12(18)19)11(15-13(14-6)20-2)7-4-3-5-8-10(7)17-21-16-8/h3-5,11H,1-2H3,(H,14,15)(H,18,19). The van der Waals surface area contributed by atoms with Crippen LogP contribution in [-0.2, 0) is 9.53 Å². The molecule has 1 aliphatic heterocycles. The Hall–Kier alpha value is -2.90. The topological polar surface area (TPSA) is 110 Å². The molecule has 0 fully saturated rings. The third-order valence-corrected chi connectivity index (χ3v) is 3.25. The van der Waals surface area contributed by atoms with E-state index in [1.165, 1.54) is 7.11 Å². The molecule has 0 saturated carbocycles. The maximum atomic E-state index is 11.6. The number of hydrogen-bond donors (Lipinski definition) is 2. The number of nitrogens with one attached hydrogen (secondary N) is 1. The SMILES string of the molecule is COC1=NC(c2cccc3nonc23)C(C(=O)O)=C(C)N1. The molecule has 2 N–H and O–H groups in total. The Labute approximate surface area is 119 Å². The zero-order chi connectivity index (χ0) is 15.0. The predicted octanol–water partition coefficient (Wildman–Crippen LogP) is 1.23. The Kier molecular flexibility index (Phi) is 3.05. The lowest BCUT2D eigenvalue weighted by atomic mass is 9.95. The zero-order valence-electron chi connectivity index (χ0n) is 11.3. The summed E-state index contributed by atoms with van der Waals surface area (Å²) in [6.45, 7) is 1.66. The first kappa shape index (κ1) is 13.1. The van der Waals surface area contributed by atoms with Gasteiger partial charge >= 0.3 is 5.97 Å². The summed E-state index contributed by atoms with van der Waals surface area (Å²) in [4.78, 5) is 15.8.